The van der Waals surface area contributed by atoms with Crippen LogP contribution in [0.3, 0.4) is 0 Å². The number of allylic oxidation sites excluding steroid dienone is 1. The quantitative estimate of drug-likeness (QED) is 0.506. The van der Waals surface area contributed by atoms with E-state index >= 15 is 0 Å². The van der Waals surface area contributed by atoms with E-state index in [4.69, 9.17) is 4.74 Å². The molecule has 3 nitrogen and oxygen atoms in total. The molecule has 0 aromatic heterocycles. The van der Waals surface area contributed by atoms with Gasteiger partial charge in [-0.3, -0.25) is 4.79 Å². The standard InChI is InChI=1S/C13H23NO2/c1-3-4-5-6-7-8-13(15)11-9-16-10-12(11)14-2/h3,11-12,14H,1,4-10H2,2H3. The zero-order chi connectivity index (χ0) is 11.8. The Bertz CT molecular complexity index is 228. The van der Waals surface area contributed by atoms with E-state index in [1.165, 1.54) is 0 Å². The van der Waals surface area contributed by atoms with Gasteiger partial charge in [-0.2, -0.15) is 0 Å². The third-order valence-electron chi connectivity index (χ3n) is 3.20. The van der Waals surface area contributed by atoms with Gasteiger partial charge in [0.2, 0.25) is 0 Å². The van der Waals surface area contributed by atoms with Crippen molar-refractivity contribution in [2.75, 3.05) is 20.3 Å². The third kappa shape index (κ3) is 4.06. The molecule has 0 bridgehead atoms. The Labute approximate surface area is 98.2 Å². The van der Waals surface area contributed by atoms with E-state index in [0.29, 0.717) is 25.4 Å². The Morgan fingerprint density at radius 1 is 1.44 bits per heavy atom. The summed E-state index contributed by atoms with van der Waals surface area (Å²) in [6.45, 7) is 4.95. The van der Waals surface area contributed by atoms with Gasteiger partial charge in [-0.25, -0.2) is 0 Å². The third-order valence-corrected chi connectivity index (χ3v) is 3.20. The van der Waals surface area contributed by atoms with Crippen LogP contribution in [0.1, 0.15) is 32.1 Å². The fraction of sp³-hybridized carbons (Fsp3) is 0.769. The second kappa shape index (κ2) is 7.58. The zero-order valence-electron chi connectivity index (χ0n) is 10.2. The van der Waals surface area contributed by atoms with Gasteiger partial charge in [0.1, 0.15) is 5.78 Å². The van der Waals surface area contributed by atoms with Crippen LogP contribution in [0.2, 0.25) is 0 Å². The van der Waals surface area contributed by atoms with Gasteiger partial charge in [0, 0.05) is 12.5 Å². The van der Waals surface area contributed by atoms with E-state index in [-0.39, 0.29) is 12.0 Å². The highest BCUT2D eigenvalue weighted by molar-refractivity contribution is 5.82. The average molecular weight is 225 g/mol. The number of likely N-dealkylation sites (N-methyl/N-ethyl adjacent to an activating group) is 1. The molecule has 3 heteroatoms. The Balaban J connectivity index is 2.16. The van der Waals surface area contributed by atoms with Crippen molar-refractivity contribution in [3.8, 4) is 0 Å². The van der Waals surface area contributed by atoms with Crippen LogP contribution in [-0.4, -0.2) is 32.1 Å². The molecule has 0 aromatic carbocycles. The van der Waals surface area contributed by atoms with Crippen LogP contribution in [0.15, 0.2) is 12.7 Å². The number of hydrogen-bond donors (Lipinski definition) is 1. The first-order valence-corrected chi connectivity index (χ1v) is 6.18. The fourth-order valence-corrected chi connectivity index (χ4v) is 2.11. The zero-order valence-corrected chi connectivity index (χ0v) is 10.2. The Hall–Kier alpha value is -0.670. The van der Waals surface area contributed by atoms with Crippen molar-refractivity contribution >= 4 is 5.78 Å². The summed E-state index contributed by atoms with van der Waals surface area (Å²) >= 11 is 0. The van der Waals surface area contributed by atoms with E-state index in [0.717, 1.165) is 25.7 Å². The lowest BCUT2D eigenvalue weighted by molar-refractivity contribution is -0.123. The molecule has 0 radical (unpaired) electrons. The van der Waals surface area contributed by atoms with Crippen molar-refractivity contribution < 1.29 is 9.53 Å². The summed E-state index contributed by atoms with van der Waals surface area (Å²) in [5.74, 6) is 0.430. The maximum absolute atomic E-state index is 11.9. The van der Waals surface area contributed by atoms with Gasteiger partial charge in [0.05, 0.1) is 19.1 Å². The highest BCUT2D eigenvalue weighted by Crippen LogP contribution is 2.17. The van der Waals surface area contributed by atoms with Crippen molar-refractivity contribution in [1.29, 1.82) is 0 Å². The second-order valence-electron chi connectivity index (χ2n) is 4.39. The first-order chi connectivity index (χ1) is 7.79. The molecule has 1 heterocycles. The van der Waals surface area contributed by atoms with Crippen LogP contribution < -0.4 is 5.32 Å². The molecular weight excluding hydrogens is 202 g/mol. The van der Waals surface area contributed by atoms with Gasteiger partial charge >= 0.3 is 0 Å². The molecule has 92 valence electrons. The lowest BCUT2D eigenvalue weighted by Gasteiger charge is -2.15. The maximum Gasteiger partial charge on any atom is 0.139 e. The molecule has 0 amide bonds. The molecule has 0 aromatic rings. The number of ether oxygens (including phenoxy) is 1. The van der Waals surface area contributed by atoms with Crippen LogP contribution in [-0.2, 0) is 9.53 Å². The van der Waals surface area contributed by atoms with E-state index in [9.17, 15) is 4.79 Å². The topological polar surface area (TPSA) is 38.3 Å². The van der Waals surface area contributed by atoms with Gasteiger partial charge in [-0.1, -0.05) is 12.5 Å². The lowest BCUT2D eigenvalue weighted by Crippen LogP contribution is -2.36. The normalized spacial score (nSPS) is 24.6. The Kier molecular flexibility index (Phi) is 6.34. The van der Waals surface area contributed by atoms with Crippen LogP contribution in [0.5, 0.6) is 0 Å². The number of carbonyl (C=O) groups excluding carboxylic acids is 1. The minimum atomic E-state index is 0.0735. The first-order valence-electron chi connectivity index (χ1n) is 6.18. The van der Waals surface area contributed by atoms with E-state index in [1.54, 1.807) is 0 Å². The van der Waals surface area contributed by atoms with Crippen LogP contribution in [0.25, 0.3) is 0 Å². The maximum atomic E-state index is 11.9. The highest BCUT2D eigenvalue weighted by atomic mass is 16.5. The van der Waals surface area contributed by atoms with E-state index in [2.05, 4.69) is 11.9 Å². The number of nitrogens with one attached hydrogen (secondary N) is 1. The molecule has 2 atom stereocenters. The largest absolute Gasteiger partial charge is 0.379 e. The van der Waals surface area contributed by atoms with Crippen molar-refractivity contribution in [3.05, 3.63) is 12.7 Å². The molecule has 16 heavy (non-hydrogen) atoms. The fourth-order valence-electron chi connectivity index (χ4n) is 2.11. The van der Waals surface area contributed by atoms with Gasteiger partial charge in [-0.05, 0) is 26.3 Å². The Morgan fingerprint density at radius 2 is 2.25 bits per heavy atom. The minimum absolute atomic E-state index is 0.0735. The summed E-state index contributed by atoms with van der Waals surface area (Å²) in [7, 11) is 1.89. The molecule has 1 aliphatic heterocycles. The number of rotatable bonds is 8. The molecule has 1 aliphatic rings. The van der Waals surface area contributed by atoms with Crippen LogP contribution in [0, 0.1) is 5.92 Å². The summed E-state index contributed by atoms with van der Waals surface area (Å²) in [5.41, 5.74) is 0. The van der Waals surface area contributed by atoms with Gasteiger partial charge < -0.3 is 10.1 Å². The molecule has 0 aliphatic carbocycles. The van der Waals surface area contributed by atoms with Crippen LogP contribution >= 0.6 is 0 Å². The second-order valence-corrected chi connectivity index (χ2v) is 4.39. The number of Topliss-reactive ketones (excluding diaryl/α,β-unsaturated/α-hetero) is 1. The van der Waals surface area contributed by atoms with Crippen molar-refractivity contribution in [2.24, 2.45) is 5.92 Å². The summed E-state index contributed by atoms with van der Waals surface area (Å²) < 4.78 is 5.33. The molecule has 1 rings (SSSR count). The van der Waals surface area contributed by atoms with E-state index in [1.807, 2.05) is 13.1 Å². The van der Waals surface area contributed by atoms with Crippen molar-refractivity contribution in [3.63, 3.8) is 0 Å². The molecule has 1 fully saturated rings. The minimum Gasteiger partial charge on any atom is -0.379 e. The smallest absolute Gasteiger partial charge is 0.139 e. The van der Waals surface area contributed by atoms with E-state index < -0.39 is 0 Å². The number of ketones is 1. The summed E-state index contributed by atoms with van der Waals surface area (Å²) in [5, 5.41) is 3.15. The molecule has 1 saturated heterocycles. The van der Waals surface area contributed by atoms with Gasteiger partial charge in [-0.15, -0.1) is 6.58 Å². The molecule has 2 unspecified atom stereocenters. The van der Waals surface area contributed by atoms with Crippen molar-refractivity contribution in [2.45, 2.75) is 38.1 Å². The molecule has 1 N–H and O–H groups in total. The SMILES string of the molecule is C=CCCCCCC(=O)C1COCC1NC. The van der Waals surface area contributed by atoms with Crippen LogP contribution in [0.4, 0.5) is 0 Å². The van der Waals surface area contributed by atoms with Gasteiger partial charge in [0.15, 0.2) is 0 Å². The number of hydrogen-bond acceptors (Lipinski definition) is 3. The molecular formula is C13H23NO2. The predicted molar refractivity (Wildman–Crippen MR) is 65.4 cm³/mol. The number of unbranched alkanes of at least 4 members (excludes halogenated alkanes) is 3. The Morgan fingerprint density at radius 3 is 2.94 bits per heavy atom. The monoisotopic (exact) mass is 225 g/mol. The average Bonchev–Trinajstić information content (AvgIpc) is 2.76. The highest BCUT2D eigenvalue weighted by Gasteiger charge is 2.31. The molecule has 0 saturated carbocycles. The lowest BCUT2D eigenvalue weighted by atomic mass is 9.94. The number of carbonyl (C=O) groups is 1. The summed E-state index contributed by atoms with van der Waals surface area (Å²) in [4.78, 5) is 11.9. The first kappa shape index (κ1) is 13.4. The molecule has 0 spiro atoms. The van der Waals surface area contributed by atoms with Gasteiger partial charge in [0.25, 0.3) is 0 Å². The van der Waals surface area contributed by atoms with Crippen molar-refractivity contribution in [1.82, 2.24) is 5.32 Å². The summed E-state index contributed by atoms with van der Waals surface area (Å²) in [6.07, 6.45) is 6.95. The summed E-state index contributed by atoms with van der Waals surface area (Å²) in [6, 6.07) is 0.223. The predicted octanol–water partition coefficient (Wildman–Crippen LogP) is 1.93.